The summed E-state index contributed by atoms with van der Waals surface area (Å²) in [7, 11) is -7.25. The van der Waals surface area contributed by atoms with Gasteiger partial charge < -0.3 is 5.32 Å². The number of hydrogen-bond acceptors (Lipinski definition) is 5. The molecular formula is C23H26N2O5S2. The van der Waals surface area contributed by atoms with Crippen molar-refractivity contribution in [2.24, 2.45) is 0 Å². The Bertz CT molecular complexity index is 1370. The molecule has 170 valence electrons. The normalized spacial score (nSPS) is 12.5. The van der Waals surface area contributed by atoms with Gasteiger partial charge in [0.05, 0.1) is 10.6 Å². The summed E-state index contributed by atoms with van der Waals surface area (Å²) >= 11 is 0. The second-order valence-corrected chi connectivity index (χ2v) is 12.5. The van der Waals surface area contributed by atoms with Gasteiger partial charge in [0, 0.05) is 28.4 Å². The van der Waals surface area contributed by atoms with Crippen LogP contribution in [0, 0.1) is 0 Å². The number of hydrogen-bond donors (Lipinski definition) is 2. The van der Waals surface area contributed by atoms with Gasteiger partial charge in [0.15, 0.2) is 9.84 Å². The second-order valence-electron chi connectivity index (χ2n) is 8.73. The zero-order chi connectivity index (χ0) is 23.7. The highest BCUT2D eigenvalue weighted by Gasteiger charge is 2.20. The Hall–Kier alpha value is -2.91. The molecule has 9 heteroatoms. The molecule has 0 radical (unpaired) electrons. The second kappa shape index (κ2) is 8.55. The first kappa shape index (κ1) is 23.7. The van der Waals surface area contributed by atoms with E-state index in [1.165, 1.54) is 18.2 Å². The van der Waals surface area contributed by atoms with Crippen LogP contribution in [0.3, 0.4) is 0 Å². The van der Waals surface area contributed by atoms with Crippen LogP contribution in [0.5, 0.6) is 0 Å². The molecule has 32 heavy (non-hydrogen) atoms. The minimum absolute atomic E-state index is 0.0416. The van der Waals surface area contributed by atoms with E-state index in [4.69, 9.17) is 0 Å². The van der Waals surface area contributed by atoms with Crippen molar-refractivity contribution < 1.29 is 21.6 Å². The van der Waals surface area contributed by atoms with Crippen LogP contribution in [-0.2, 0) is 25.6 Å². The van der Waals surface area contributed by atoms with Crippen molar-refractivity contribution >= 4 is 42.2 Å². The van der Waals surface area contributed by atoms with Gasteiger partial charge in [0.25, 0.3) is 15.9 Å². The number of sulfonamides is 1. The maximum absolute atomic E-state index is 13.1. The average molecular weight is 475 g/mol. The average Bonchev–Trinajstić information content (AvgIpc) is 2.65. The summed E-state index contributed by atoms with van der Waals surface area (Å²) in [6, 6.07) is 15.9. The molecule has 0 aromatic heterocycles. The van der Waals surface area contributed by atoms with E-state index >= 15 is 0 Å². The molecule has 0 aliphatic heterocycles. The van der Waals surface area contributed by atoms with Crippen molar-refractivity contribution in [1.29, 1.82) is 0 Å². The molecule has 0 fully saturated rings. The van der Waals surface area contributed by atoms with E-state index < -0.39 is 19.9 Å². The van der Waals surface area contributed by atoms with Crippen LogP contribution < -0.4 is 10.0 Å². The Labute approximate surface area is 188 Å². The lowest BCUT2D eigenvalue weighted by Crippen LogP contribution is -2.40. The predicted octanol–water partition coefficient (Wildman–Crippen LogP) is 3.71. The summed E-state index contributed by atoms with van der Waals surface area (Å²) in [5.74, 6) is -0.432. The van der Waals surface area contributed by atoms with Gasteiger partial charge in [-0.15, -0.1) is 0 Å². The number of benzene rings is 3. The quantitative estimate of drug-likeness (QED) is 0.566. The van der Waals surface area contributed by atoms with E-state index in [9.17, 15) is 21.6 Å². The summed E-state index contributed by atoms with van der Waals surface area (Å²) in [5, 5.41) is 3.85. The fourth-order valence-corrected chi connectivity index (χ4v) is 5.40. The minimum Gasteiger partial charge on any atom is -0.347 e. The summed E-state index contributed by atoms with van der Waals surface area (Å²) < 4.78 is 52.3. The predicted molar refractivity (Wildman–Crippen MR) is 127 cm³/mol. The van der Waals surface area contributed by atoms with Crippen molar-refractivity contribution in [1.82, 2.24) is 5.32 Å². The third-order valence-electron chi connectivity index (χ3n) is 4.57. The van der Waals surface area contributed by atoms with Crippen LogP contribution >= 0.6 is 0 Å². The van der Waals surface area contributed by atoms with Crippen LogP contribution in [0.25, 0.3) is 10.8 Å². The van der Waals surface area contributed by atoms with Crippen LogP contribution in [0.4, 0.5) is 5.69 Å². The minimum atomic E-state index is -3.96. The van der Waals surface area contributed by atoms with Gasteiger partial charge in [-0.05, 0) is 62.1 Å². The van der Waals surface area contributed by atoms with Crippen molar-refractivity contribution in [3.8, 4) is 0 Å². The highest BCUT2D eigenvalue weighted by Crippen LogP contribution is 2.28. The molecule has 3 aromatic rings. The molecule has 0 aliphatic carbocycles. The molecule has 0 saturated carbocycles. The topological polar surface area (TPSA) is 109 Å². The van der Waals surface area contributed by atoms with Crippen LogP contribution in [-0.4, -0.2) is 34.5 Å². The SMILES string of the molecule is CC(C)(C)NC(=O)c1ccc(NS(=O)(=O)c2cccc3c(CS(C)(=O)=O)cccc23)cc1. The molecule has 2 N–H and O–H groups in total. The van der Waals surface area contributed by atoms with Crippen LogP contribution in [0.1, 0.15) is 36.7 Å². The third kappa shape index (κ3) is 5.86. The Morgan fingerprint density at radius 2 is 1.44 bits per heavy atom. The number of nitrogens with one attached hydrogen (secondary N) is 2. The third-order valence-corrected chi connectivity index (χ3v) is 6.84. The van der Waals surface area contributed by atoms with E-state index in [0.29, 0.717) is 27.6 Å². The number of fused-ring (bicyclic) bond motifs is 1. The summed E-state index contributed by atoms with van der Waals surface area (Å²) in [6.07, 6.45) is 1.14. The van der Waals surface area contributed by atoms with Crippen molar-refractivity contribution in [2.45, 2.75) is 37.0 Å². The zero-order valence-electron chi connectivity index (χ0n) is 18.3. The molecule has 0 heterocycles. The molecule has 1 amide bonds. The van der Waals surface area contributed by atoms with Crippen LogP contribution in [0.2, 0.25) is 0 Å². The molecule has 0 atom stereocenters. The van der Waals surface area contributed by atoms with Crippen molar-refractivity contribution in [3.63, 3.8) is 0 Å². The highest BCUT2D eigenvalue weighted by molar-refractivity contribution is 7.93. The Balaban J connectivity index is 1.92. The molecule has 3 aromatic carbocycles. The van der Waals surface area contributed by atoms with Gasteiger partial charge in [-0.25, -0.2) is 16.8 Å². The lowest BCUT2D eigenvalue weighted by Gasteiger charge is -2.20. The standard InChI is InChI=1S/C23H26N2O5S2/c1-23(2,3)24-22(26)16-11-13-18(14-12-16)25-32(29,30)21-10-6-8-19-17(15-31(4,27)28)7-5-9-20(19)21/h5-14,25H,15H2,1-4H3,(H,24,26). The Morgan fingerprint density at radius 3 is 2.03 bits per heavy atom. The number of sulfone groups is 1. The van der Waals surface area contributed by atoms with Crippen molar-refractivity contribution in [2.75, 3.05) is 11.0 Å². The van der Waals surface area contributed by atoms with E-state index in [2.05, 4.69) is 10.0 Å². The summed E-state index contributed by atoms with van der Waals surface area (Å²) in [5.41, 5.74) is 0.873. The highest BCUT2D eigenvalue weighted by atomic mass is 32.2. The van der Waals surface area contributed by atoms with Gasteiger partial charge in [-0.1, -0.05) is 30.3 Å². The first-order valence-corrected chi connectivity index (χ1v) is 13.4. The molecule has 0 saturated heterocycles. The monoisotopic (exact) mass is 474 g/mol. The summed E-state index contributed by atoms with van der Waals surface area (Å²) in [4.78, 5) is 12.3. The van der Waals surface area contributed by atoms with Crippen molar-refractivity contribution in [3.05, 3.63) is 71.8 Å². The van der Waals surface area contributed by atoms with Crippen LogP contribution in [0.15, 0.2) is 65.6 Å². The summed E-state index contributed by atoms with van der Waals surface area (Å²) in [6.45, 7) is 5.62. The largest absolute Gasteiger partial charge is 0.347 e. The first-order valence-electron chi connectivity index (χ1n) is 9.89. The lowest BCUT2D eigenvalue weighted by atomic mass is 10.1. The Morgan fingerprint density at radius 1 is 0.844 bits per heavy atom. The number of carbonyl (C=O) groups excluding carboxylic acids is 1. The number of amides is 1. The fourth-order valence-electron chi connectivity index (χ4n) is 3.30. The maximum Gasteiger partial charge on any atom is 0.262 e. The zero-order valence-corrected chi connectivity index (χ0v) is 20.0. The fraction of sp³-hybridized carbons (Fsp3) is 0.261. The molecule has 3 rings (SSSR count). The number of anilines is 1. The molecule has 0 bridgehead atoms. The molecule has 0 aliphatic rings. The van der Waals surface area contributed by atoms with Gasteiger partial charge in [-0.2, -0.15) is 0 Å². The Kier molecular flexibility index (Phi) is 6.35. The lowest BCUT2D eigenvalue weighted by molar-refractivity contribution is 0.0919. The van der Waals surface area contributed by atoms with Gasteiger partial charge in [0.2, 0.25) is 0 Å². The molecular weight excluding hydrogens is 448 g/mol. The molecule has 0 spiro atoms. The molecule has 7 nitrogen and oxygen atoms in total. The first-order chi connectivity index (χ1) is 14.8. The maximum atomic E-state index is 13.1. The van der Waals surface area contributed by atoms with Gasteiger partial charge >= 0.3 is 0 Å². The smallest absolute Gasteiger partial charge is 0.262 e. The molecule has 0 unspecified atom stereocenters. The number of carbonyl (C=O) groups is 1. The number of rotatable bonds is 6. The van der Waals surface area contributed by atoms with Gasteiger partial charge in [-0.3, -0.25) is 9.52 Å². The van der Waals surface area contributed by atoms with Gasteiger partial charge in [0.1, 0.15) is 0 Å². The van der Waals surface area contributed by atoms with E-state index in [0.717, 1.165) is 6.26 Å². The van der Waals surface area contributed by atoms with E-state index in [1.54, 1.807) is 42.5 Å². The van der Waals surface area contributed by atoms with E-state index in [1.807, 2.05) is 20.8 Å². The van der Waals surface area contributed by atoms with E-state index in [-0.39, 0.29) is 22.1 Å².